The summed E-state index contributed by atoms with van der Waals surface area (Å²) < 4.78 is 5.03. The van der Waals surface area contributed by atoms with Gasteiger partial charge in [-0.05, 0) is 36.8 Å². The summed E-state index contributed by atoms with van der Waals surface area (Å²) in [6.45, 7) is 1.46. The number of likely N-dealkylation sites (tertiary alicyclic amines) is 1. The molecule has 1 aromatic rings. The summed E-state index contributed by atoms with van der Waals surface area (Å²) >= 11 is 0. The van der Waals surface area contributed by atoms with Gasteiger partial charge in [-0.1, -0.05) is 0 Å². The van der Waals surface area contributed by atoms with Crippen LogP contribution in [0.4, 0.5) is 0 Å². The number of fused-ring (bicyclic) bond motifs is 1. The summed E-state index contributed by atoms with van der Waals surface area (Å²) in [6.07, 6.45) is 2.16. The number of carbonyl (C=O) groups is 1. The summed E-state index contributed by atoms with van der Waals surface area (Å²) in [6, 6.07) is 4.98. The lowest BCUT2D eigenvalue weighted by Gasteiger charge is -2.19. The van der Waals surface area contributed by atoms with Crippen molar-refractivity contribution in [3.05, 3.63) is 23.8 Å². The number of hydrogen-bond donors (Lipinski definition) is 2. The van der Waals surface area contributed by atoms with E-state index in [0.717, 1.165) is 19.4 Å². The zero-order valence-electron chi connectivity index (χ0n) is 11.6. The molecule has 1 aliphatic carbocycles. The Hall–Kier alpha value is -1.75. The quantitative estimate of drug-likeness (QED) is 0.851. The molecule has 1 aliphatic heterocycles. The lowest BCUT2D eigenvalue weighted by molar-refractivity contribution is 0.0776. The molecular weight excluding hydrogens is 256 g/mol. The minimum Gasteiger partial charge on any atom is -0.507 e. The fourth-order valence-corrected chi connectivity index (χ4v) is 3.46. The van der Waals surface area contributed by atoms with E-state index in [4.69, 9.17) is 10.5 Å². The summed E-state index contributed by atoms with van der Waals surface area (Å²) in [5, 5.41) is 9.96. The number of rotatable bonds is 2. The van der Waals surface area contributed by atoms with Crippen LogP contribution in [0.15, 0.2) is 18.2 Å². The predicted molar refractivity (Wildman–Crippen MR) is 74.8 cm³/mol. The summed E-state index contributed by atoms with van der Waals surface area (Å²) in [7, 11) is 1.53. The van der Waals surface area contributed by atoms with Crippen LogP contribution in [0, 0.1) is 11.8 Å². The highest BCUT2D eigenvalue weighted by Gasteiger charge is 2.42. The zero-order chi connectivity index (χ0) is 14.3. The molecule has 3 rings (SSSR count). The maximum atomic E-state index is 12.5. The standard InChI is InChI=1S/C15H20N2O3/c1-20-10-3-4-11(14(18)6-10)15(19)17-7-9-2-5-13(16)12(9)8-17/h3-4,6,9,12-13,18H,2,5,7-8,16H2,1H3. The Morgan fingerprint density at radius 1 is 1.40 bits per heavy atom. The Morgan fingerprint density at radius 2 is 2.20 bits per heavy atom. The van der Waals surface area contributed by atoms with Gasteiger partial charge in [-0.25, -0.2) is 0 Å². The van der Waals surface area contributed by atoms with Crippen LogP contribution < -0.4 is 10.5 Å². The molecule has 1 aromatic carbocycles. The smallest absolute Gasteiger partial charge is 0.257 e. The van der Waals surface area contributed by atoms with Crippen LogP contribution in [0.1, 0.15) is 23.2 Å². The van der Waals surface area contributed by atoms with Crippen molar-refractivity contribution in [2.75, 3.05) is 20.2 Å². The molecule has 0 spiro atoms. The molecule has 3 atom stereocenters. The number of phenols is 1. The van der Waals surface area contributed by atoms with E-state index < -0.39 is 0 Å². The van der Waals surface area contributed by atoms with Crippen molar-refractivity contribution in [3.8, 4) is 11.5 Å². The molecule has 3 N–H and O–H groups in total. The number of benzene rings is 1. The number of methoxy groups -OCH3 is 1. The normalized spacial score (nSPS) is 28.5. The first-order valence-corrected chi connectivity index (χ1v) is 7.02. The average Bonchev–Trinajstić information content (AvgIpc) is 3.00. The summed E-state index contributed by atoms with van der Waals surface area (Å²) in [5.74, 6) is 1.33. The van der Waals surface area contributed by atoms with Gasteiger partial charge >= 0.3 is 0 Å². The van der Waals surface area contributed by atoms with Crippen LogP contribution in [0.25, 0.3) is 0 Å². The fourth-order valence-electron chi connectivity index (χ4n) is 3.46. The van der Waals surface area contributed by atoms with E-state index in [1.165, 1.54) is 13.2 Å². The van der Waals surface area contributed by atoms with Gasteiger partial charge in [0.1, 0.15) is 11.5 Å². The fraction of sp³-hybridized carbons (Fsp3) is 0.533. The topological polar surface area (TPSA) is 75.8 Å². The first kappa shape index (κ1) is 13.2. The van der Waals surface area contributed by atoms with Crippen molar-refractivity contribution in [3.63, 3.8) is 0 Å². The second-order valence-electron chi connectivity index (χ2n) is 5.76. The van der Waals surface area contributed by atoms with Gasteiger partial charge in [-0.3, -0.25) is 4.79 Å². The Kier molecular flexibility index (Phi) is 3.30. The third kappa shape index (κ3) is 2.12. The molecule has 108 valence electrons. The lowest BCUT2D eigenvalue weighted by Crippen LogP contribution is -2.33. The third-order valence-corrected chi connectivity index (χ3v) is 4.63. The maximum absolute atomic E-state index is 12.5. The molecule has 1 amide bonds. The number of aromatic hydroxyl groups is 1. The van der Waals surface area contributed by atoms with Gasteiger partial charge in [0.2, 0.25) is 0 Å². The highest BCUT2D eigenvalue weighted by atomic mass is 16.5. The summed E-state index contributed by atoms with van der Waals surface area (Å²) in [5.41, 5.74) is 6.42. The monoisotopic (exact) mass is 276 g/mol. The van der Waals surface area contributed by atoms with Gasteiger partial charge in [-0.2, -0.15) is 0 Å². The van der Waals surface area contributed by atoms with Gasteiger partial charge in [0.25, 0.3) is 5.91 Å². The maximum Gasteiger partial charge on any atom is 0.257 e. The Morgan fingerprint density at radius 3 is 2.85 bits per heavy atom. The highest BCUT2D eigenvalue weighted by molar-refractivity contribution is 5.97. The molecule has 0 radical (unpaired) electrons. The predicted octanol–water partition coefficient (Wildman–Crippen LogP) is 1.21. The van der Waals surface area contributed by atoms with Crippen molar-refractivity contribution in [2.45, 2.75) is 18.9 Å². The number of phenolic OH excluding ortho intramolecular Hbond substituents is 1. The van der Waals surface area contributed by atoms with Gasteiger partial charge in [-0.15, -0.1) is 0 Å². The van der Waals surface area contributed by atoms with E-state index in [-0.39, 0.29) is 17.7 Å². The van der Waals surface area contributed by atoms with Crippen molar-refractivity contribution in [1.82, 2.24) is 4.90 Å². The number of nitrogens with two attached hydrogens (primary N) is 1. The number of ether oxygens (including phenoxy) is 1. The van der Waals surface area contributed by atoms with E-state index in [1.807, 2.05) is 4.90 Å². The van der Waals surface area contributed by atoms with Crippen molar-refractivity contribution in [1.29, 1.82) is 0 Å². The molecule has 20 heavy (non-hydrogen) atoms. The highest BCUT2D eigenvalue weighted by Crippen LogP contribution is 2.38. The van der Waals surface area contributed by atoms with E-state index in [1.54, 1.807) is 12.1 Å². The Balaban J connectivity index is 1.77. The minimum absolute atomic E-state index is 0.0318. The molecule has 1 heterocycles. The van der Waals surface area contributed by atoms with Crippen LogP contribution >= 0.6 is 0 Å². The number of amides is 1. The van der Waals surface area contributed by atoms with Gasteiger partial charge in [0, 0.05) is 25.2 Å². The number of nitrogens with zero attached hydrogens (tertiary/aromatic N) is 1. The second kappa shape index (κ2) is 4.98. The van der Waals surface area contributed by atoms with Crippen LogP contribution in [-0.2, 0) is 0 Å². The molecule has 3 unspecified atom stereocenters. The van der Waals surface area contributed by atoms with Gasteiger partial charge in [0.15, 0.2) is 0 Å². The van der Waals surface area contributed by atoms with Crippen molar-refractivity contribution < 1.29 is 14.6 Å². The van der Waals surface area contributed by atoms with Crippen molar-refractivity contribution in [2.24, 2.45) is 17.6 Å². The van der Waals surface area contributed by atoms with Crippen LogP contribution in [0.5, 0.6) is 11.5 Å². The van der Waals surface area contributed by atoms with E-state index in [0.29, 0.717) is 29.7 Å². The lowest BCUT2D eigenvalue weighted by atomic mass is 9.98. The first-order chi connectivity index (χ1) is 9.60. The van der Waals surface area contributed by atoms with Crippen LogP contribution in [0.2, 0.25) is 0 Å². The zero-order valence-corrected chi connectivity index (χ0v) is 11.6. The minimum atomic E-state index is -0.119. The van der Waals surface area contributed by atoms with Crippen LogP contribution in [0.3, 0.4) is 0 Å². The van der Waals surface area contributed by atoms with Gasteiger partial charge in [0.05, 0.1) is 12.7 Å². The molecule has 0 aromatic heterocycles. The molecule has 5 heteroatoms. The SMILES string of the molecule is COc1ccc(C(=O)N2CC3CCC(N)C3C2)c(O)c1. The Labute approximate surface area is 118 Å². The molecular formula is C15H20N2O3. The first-order valence-electron chi connectivity index (χ1n) is 7.02. The largest absolute Gasteiger partial charge is 0.507 e. The third-order valence-electron chi connectivity index (χ3n) is 4.63. The summed E-state index contributed by atoms with van der Waals surface area (Å²) in [4.78, 5) is 14.3. The molecule has 1 saturated carbocycles. The van der Waals surface area contributed by atoms with E-state index >= 15 is 0 Å². The molecule has 1 saturated heterocycles. The number of hydrogen-bond acceptors (Lipinski definition) is 4. The molecule has 0 bridgehead atoms. The average molecular weight is 276 g/mol. The van der Waals surface area contributed by atoms with Crippen molar-refractivity contribution >= 4 is 5.91 Å². The molecule has 2 fully saturated rings. The second-order valence-corrected chi connectivity index (χ2v) is 5.76. The van der Waals surface area contributed by atoms with Gasteiger partial charge < -0.3 is 20.5 Å². The van der Waals surface area contributed by atoms with E-state index in [9.17, 15) is 9.90 Å². The Bertz CT molecular complexity index is 532. The van der Waals surface area contributed by atoms with E-state index in [2.05, 4.69) is 0 Å². The molecule has 5 nitrogen and oxygen atoms in total. The molecule has 2 aliphatic rings. The van der Waals surface area contributed by atoms with Crippen LogP contribution in [-0.4, -0.2) is 42.2 Å². The number of carbonyl (C=O) groups excluding carboxylic acids is 1.